The third-order valence-corrected chi connectivity index (χ3v) is 4.52. The average Bonchev–Trinajstić information content (AvgIpc) is 3.21. The molecule has 6 nitrogen and oxygen atoms in total. The number of benzene rings is 3. The summed E-state index contributed by atoms with van der Waals surface area (Å²) in [6.45, 7) is 0. The van der Waals surface area contributed by atoms with Gasteiger partial charge in [0.25, 0.3) is 5.91 Å². The van der Waals surface area contributed by atoms with E-state index in [1.165, 1.54) is 24.3 Å². The number of para-hydroxylation sites is 1. The normalized spacial score (nSPS) is 10.6. The number of nitrogens with zero attached hydrogens (tertiary/aromatic N) is 2. The van der Waals surface area contributed by atoms with Crippen molar-refractivity contribution >= 4 is 17.5 Å². The number of primary amides is 1. The molecule has 148 valence electrons. The molecule has 0 aliphatic carbocycles. The van der Waals surface area contributed by atoms with Crippen molar-refractivity contribution < 1.29 is 14.0 Å². The molecule has 7 heteroatoms. The van der Waals surface area contributed by atoms with Gasteiger partial charge in [0.05, 0.1) is 11.3 Å². The number of hydrogen-bond acceptors (Lipinski definition) is 3. The Bertz CT molecular complexity index is 1200. The highest BCUT2D eigenvalue weighted by Crippen LogP contribution is 2.25. The molecule has 30 heavy (non-hydrogen) atoms. The SMILES string of the molecule is NC(=O)c1ccc(NC(=O)c2cn(-c3ccccc3)nc2-c2ccc(F)cc2)cc1. The van der Waals surface area contributed by atoms with Crippen LogP contribution in [0.25, 0.3) is 16.9 Å². The fraction of sp³-hybridized carbons (Fsp3) is 0. The Labute approximate surface area is 171 Å². The topological polar surface area (TPSA) is 90.0 Å². The minimum atomic E-state index is -0.546. The number of hydrogen-bond donors (Lipinski definition) is 2. The first kappa shape index (κ1) is 19.1. The Hall–Kier alpha value is -4.26. The first-order chi connectivity index (χ1) is 14.5. The van der Waals surface area contributed by atoms with Crippen molar-refractivity contribution in [2.24, 2.45) is 5.73 Å². The number of carbonyl (C=O) groups excluding carboxylic acids is 2. The van der Waals surface area contributed by atoms with E-state index >= 15 is 0 Å². The van der Waals surface area contributed by atoms with Crippen LogP contribution in [0, 0.1) is 5.82 Å². The van der Waals surface area contributed by atoms with Crippen LogP contribution in [0.5, 0.6) is 0 Å². The fourth-order valence-corrected chi connectivity index (χ4v) is 2.99. The van der Waals surface area contributed by atoms with E-state index < -0.39 is 5.91 Å². The molecule has 1 aromatic heterocycles. The number of halogens is 1. The van der Waals surface area contributed by atoms with Crippen LogP contribution in [-0.4, -0.2) is 21.6 Å². The monoisotopic (exact) mass is 400 g/mol. The summed E-state index contributed by atoms with van der Waals surface area (Å²) in [7, 11) is 0. The molecule has 0 aliphatic rings. The minimum Gasteiger partial charge on any atom is -0.366 e. The number of carbonyl (C=O) groups is 2. The van der Waals surface area contributed by atoms with Gasteiger partial charge in [-0.15, -0.1) is 0 Å². The second kappa shape index (κ2) is 8.00. The van der Waals surface area contributed by atoms with Crippen LogP contribution in [0.2, 0.25) is 0 Å². The molecule has 0 unspecified atom stereocenters. The predicted octanol–water partition coefficient (Wildman–Crippen LogP) is 4.03. The quantitative estimate of drug-likeness (QED) is 0.530. The summed E-state index contributed by atoms with van der Waals surface area (Å²) >= 11 is 0. The number of rotatable bonds is 5. The van der Waals surface area contributed by atoms with Gasteiger partial charge in [-0.25, -0.2) is 9.07 Å². The standard InChI is InChI=1S/C23H17FN4O2/c24-17-10-6-15(7-11-17)21-20(14-28(27-21)19-4-2-1-3-5-19)23(30)26-18-12-8-16(9-13-18)22(25)29/h1-14H,(H2,25,29)(H,26,30). The Morgan fingerprint density at radius 2 is 1.57 bits per heavy atom. The van der Waals surface area contributed by atoms with Crippen LogP contribution >= 0.6 is 0 Å². The number of nitrogens with one attached hydrogen (secondary N) is 1. The second-order valence-electron chi connectivity index (χ2n) is 6.57. The van der Waals surface area contributed by atoms with E-state index in [0.29, 0.717) is 28.1 Å². The molecule has 4 rings (SSSR count). The fourth-order valence-electron chi connectivity index (χ4n) is 2.99. The molecule has 0 saturated carbocycles. The number of nitrogens with two attached hydrogens (primary N) is 1. The van der Waals surface area contributed by atoms with Crippen LogP contribution in [0.3, 0.4) is 0 Å². The first-order valence-electron chi connectivity index (χ1n) is 9.13. The molecule has 0 spiro atoms. The van der Waals surface area contributed by atoms with Crippen molar-refractivity contribution in [3.63, 3.8) is 0 Å². The maximum absolute atomic E-state index is 13.4. The Morgan fingerprint density at radius 3 is 2.20 bits per heavy atom. The highest BCUT2D eigenvalue weighted by molar-refractivity contribution is 6.08. The van der Waals surface area contributed by atoms with Gasteiger partial charge in [-0.3, -0.25) is 9.59 Å². The molecule has 0 radical (unpaired) electrons. The highest BCUT2D eigenvalue weighted by Gasteiger charge is 2.19. The van der Waals surface area contributed by atoms with E-state index in [0.717, 1.165) is 5.69 Å². The first-order valence-corrected chi connectivity index (χ1v) is 9.13. The molecule has 0 bridgehead atoms. The molecule has 3 N–H and O–H groups in total. The summed E-state index contributed by atoms with van der Waals surface area (Å²) in [5, 5.41) is 7.34. The van der Waals surface area contributed by atoms with Gasteiger partial charge in [0.1, 0.15) is 11.5 Å². The summed E-state index contributed by atoms with van der Waals surface area (Å²) in [6.07, 6.45) is 1.63. The lowest BCUT2D eigenvalue weighted by atomic mass is 10.1. The largest absolute Gasteiger partial charge is 0.366 e. The van der Waals surface area contributed by atoms with Gasteiger partial charge in [-0.2, -0.15) is 5.10 Å². The average molecular weight is 400 g/mol. The van der Waals surface area contributed by atoms with E-state index in [1.807, 2.05) is 30.3 Å². The number of anilines is 1. The van der Waals surface area contributed by atoms with E-state index in [-0.39, 0.29) is 11.7 Å². The Balaban J connectivity index is 1.71. The zero-order chi connectivity index (χ0) is 21.1. The second-order valence-corrected chi connectivity index (χ2v) is 6.57. The van der Waals surface area contributed by atoms with Crippen molar-refractivity contribution in [2.75, 3.05) is 5.32 Å². The number of aromatic nitrogens is 2. The lowest BCUT2D eigenvalue weighted by molar-refractivity contribution is 0.0998. The van der Waals surface area contributed by atoms with E-state index in [9.17, 15) is 14.0 Å². The third kappa shape index (κ3) is 3.95. The van der Waals surface area contributed by atoms with E-state index in [2.05, 4.69) is 10.4 Å². The lowest BCUT2D eigenvalue weighted by Crippen LogP contribution is -2.13. The summed E-state index contributed by atoms with van der Waals surface area (Å²) in [6, 6.07) is 21.4. The van der Waals surface area contributed by atoms with Crippen molar-refractivity contribution in [3.05, 3.63) is 102 Å². The number of amides is 2. The van der Waals surface area contributed by atoms with Crippen molar-refractivity contribution in [2.45, 2.75) is 0 Å². The summed E-state index contributed by atoms with van der Waals surface area (Å²) in [5.74, 6) is -1.30. The van der Waals surface area contributed by atoms with Crippen LogP contribution in [0.1, 0.15) is 20.7 Å². The van der Waals surface area contributed by atoms with Gasteiger partial charge in [0, 0.05) is 23.0 Å². The maximum atomic E-state index is 13.4. The van der Waals surface area contributed by atoms with Crippen molar-refractivity contribution in [1.29, 1.82) is 0 Å². The zero-order valence-corrected chi connectivity index (χ0v) is 15.7. The van der Waals surface area contributed by atoms with Gasteiger partial charge < -0.3 is 11.1 Å². The van der Waals surface area contributed by atoms with Crippen molar-refractivity contribution in [3.8, 4) is 16.9 Å². The molecule has 0 aliphatic heterocycles. The zero-order valence-electron chi connectivity index (χ0n) is 15.7. The summed E-state index contributed by atoms with van der Waals surface area (Å²) in [5.41, 5.74) is 8.23. The molecule has 3 aromatic carbocycles. The van der Waals surface area contributed by atoms with Gasteiger partial charge >= 0.3 is 0 Å². The molecule has 0 saturated heterocycles. The van der Waals surface area contributed by atoms with E-state index in [4.69, 9.17) is 5.73 Å². The molecule has 0 fully saturated rings. The highest BCUT2D eigenvalue weighted by atomic mass is 19.1. The van der Waals surface area contributed by atoms with Crippen LogP contribution in [-0.2, 0) is 0 Å². The molecule has 2 amide bonds. The molecule has 4 aromatic rings. The lowest BCUT2D eigenvalue weighted by Gasteiger charge is -2.06. The molecular weight excluding hydrogens is 383 g/mol. The molecule has 0 atom stereocenters. The smallest absolute Gasteiger partial charge is 0.259 e. The third-order valence-electron chi connectivity index (χ3n) is 4.52. The van der Waals surface area contributed by atoms with Crippen LogP contribution in [0.4, 0.5) is 10.1 Å². The molecular formula is C23H17FN4O2. The van der Waals surface area contributed by atoms with Gasteiger partial charge in [0.2, 0.25) is 5.91 Å². The van der Waals surface area contributed by atoms with Gasteiger partial charge in [-0.1, -0.05) is 18.2 Å². The van der Waals surface area contributed by atoms with E-state index in [1.54, 1.807) is 35.1 Å². The minimum absolute atomic E-state index is 0.324. The molecule has 1 heterocycles. The van der Waals surface area contributed by atoms with Crippen LogP contribution < -0.4 is 11.1 Å². The van der Waals surface area contributed by atoms with Gasteiger partial charge in [-0.05, 0) is 60.7 Å². The Kier molecular flexibility index (Phi) is 5.09. The Morgan fingerprint density at radius 1 is 0.900 bits per heavy atom. The summed E-state index contributed by atoms with van der Waals surface area (Å²) < 4.78 is 15.0. The summed E-state index contributed by atoms with van der Waals surface area (Å²) in [4.78, 5) is 24.2. The maximum Gasteiger partial charge on any atom is 0.259 e. The van der Waals surface area contributed by atoms with Crippen LogP contribution in [0.15, 0.2) is 85.1 Å². The predicted molar refractivity (Wildman–Crippen MR) is 112 cm³/mol. The van der Waals surface area contributed by atoms with Crippen molar-refractivity contribution in [1.82, 2.24) is 9.78 Å². The van der Waals surface area contributed by atoms with Gasteiger partial charge in [0.15, 0.2) is 0 Å².